The summed E-state index contributed by atoms with van der Waals surface area (Å²) >= 11 is 0. The Morgan fingerprint density at radius 3 is 2.65 bits per heavy atom. The van der Waals surface area contributed by atoms with Crippen molar-refractivity contribution < 1.29 is 22.4 Å². The van der Waals surface area contributed by atoms with Gasteiger partial charge in [0.2, 0.25) is 5.91 Å². The molecule has 2 rings (SSSR count). The van der Waals surface area contributed by atoms with Crippen LogP contribution in [-0.4, -0.2) is 50.2 Å². The van der Waals surface area contributed by atoms with Crippen molar-refractivity contribution in [3.05, 3.63) is 29.1 Å². The monoisotopic (exact) mass is 342 g/mol. The van der Waals surface area contributed by atoms with Crippen molar-refractivity contribution >= 4 is 27.3 Å². The van der Waals surface area contributed by atoms with Gasteiger partial charge < -0.3 is 10.2 Å². The van der Waals surface area contributed by atoms with Crippen molar-refractivity contribution in [3.8, 4) is 0 Å². The van der Waals surface area contributed by atoms with Crippen LogP contribution in [0.25, 0.3) is 0 Å². The zero-order valence-corrected chi connectivity index (χ0v) is 14.0. The summed E-state index contributed by atoms with van der Waals surface area (Å²) in [5, 5.41) is 2.57. The second kappa shape index (κ2) is 6.27. The SMILES string of the molecule is C[C@H](CS(C)(=O)=O)N(C)C(=O)c1cc2c(cc1F)NC(=O)CC2. The normalized spacial score (nSPS) is 15.6. The lowest BCUT2D eigenvalue weighted by atomic mass is 9.99. The molecule has 0 unspecified atom stereocenters. The molecular weight excluding hydrogens is 323 g/mol. The number of aryl methyl sites for hydroxylation is 1. The number of nitrogens with one attached hydrogen (secondary N) is 1. The summed E-state index contributed by atoms with van der Waals surface area (Å²) in [5.41, 5.74) is 0.948. The first-order valence-corrected chi connectivity index (χ1v) is 9.21. The van der Waals surface area contributed by atoms with Gasteiger partial charge in [0.1, 0.15) is 15.7 Å². The highest BCUT2D eigenvalue weighted by Gasteiger charge is 2.25. The number of hydrogen-bond acceptors (Lipinski definition) is 4. The molecule has 23 heavy (non-hydrogen) atoms. The van der Waals surface area contributed by atoms with Crippen molar-refractivity contribution in [1.29, 1.82) is 0 Å². The zero-order chi connectivity index (χ0) is 17.4. The van der Waals surface area contributed by atoms with E-state index in [2.05, 4.69) is 5.32 Å². The summed E-state index contributed by atoms with van der Waals surface area (Å²) in [6.45, 7) is 1.59. The van der Waals surface area contributed by atoms with Gasteiger partial charge in [-0.15, -0.1) is 0 Å². The first kappa shape index (κ1) is 17.4. The number of fused-ring (bicyclic) bond motifs is 1. The fourth-order valence-corrected chi connectivity index (χ4v) is 3.61. The van der Waals surface area contributed by atoms with E-state index in [1.165, 1.54) is 18.0 Å². The number of rotatable bonds is 4. The number of carbonyl (C=O) groups excluding carboxylic acids is 2. The molecule has 1 aliphatic rings. The first-order valence-electron chi connectivity index (χ1n) is 7.15. The van der Waals surface area contributed by atoms with Crippen LogP contribution in [0, 0.1) is 5.82 Å². The van der Waals surface area contributed by atoms with Gasteiger partial charge in [-0.1, -0.05) is 0 Å². The molecule has 1 N–H and O–H groups in total. The minimum atomic E-state index is -3.25. The summed E-state index contributed by atoms with van der Waals surface area (Å²) in [5.74, 6) is -1.71. The summed E-state index contributed by atoms with van der Waals surface area (Å²) < 4.78 is 36.9. The van der Waals surface area contributed by atoms with Crippen LogP contribution in [0.5, 0.6) is 0 Å². The van der Waals surface area contributed by atoms with E-state index in [1.54, 1.807) is 6.92 Å². The molecule has 1 aromatic rings. The molecule has 0 spiro atoms. The molecule has 6 nitrogen and oxygen atoms in total. The number of anilines is 1. The van der Waals surface area contributed by atoms with E-state index in [1.807, 2.05) is 0 Å². The van der Waals surface area contributed by atoms with Crippen molar-refractivity contribution in [2.24, 2.45) is 0 Å². The Kier molecular flexibility index (Phi) is 4.74. The van der Waals surface area contributed by atoms with Crippen LogP contribution in [0.2, 0.25) is 0 Å². The number of halogens is 1. The van der Waals surface area contributed by atoms with Gasteiger partial charge in [-0.05, 0) is 31.0 Å². The lowest BCUT2D eigenvalue weighted by Gasteiger charge is -2.25. The molecule has 2 amide bonds. The summed E-state index contributed by atoms with van der Waals surface area (Å²) in [4.78, 5) is 25.0. The maximum atomic E-state index is 14.2. The second-order valence-electron chi connectivity index (χ2n) is 5.89. The molecule has 1 atom stereocenters. The number of hydrogen-bond donors (Lipinski definition) is 1. The number of sulfone groups is 1. The zero-order valence-electron chi connectivity index (χ0n) is 13.2. The van der Waals surface area contributed by atoms with E-state index in [4.69, 9.17) is 0 Å². The molecule has 0 aromatic heterocycles. The molecule has 0 radical (unpaired) electrons. The number of nitrogens with zero attached hydrogens (tertiary/aromatic N) is 1. The lowest BCUT2D eigenvalue weighted by molar-refractivity contribution is -0.116. The molecule has 8 heteroatoms. The van der Waals surface area contributed by atoms with Gasteiger partial charge in [0, 0.05) is 31.5 Å². The average molecular weight is 342 g/mol. The Morgan fingerprint density at radius 2 is 2.04 bits per heavy atom. The third-order valence-electron chi connectivity index (χ3n) is 3.84. The highest BCUT2D eigenvalue weighted by molar-refractivity contribution is 7.90. The third kappa shape index (κ3) is 4.07. The number of benzene rings is 1. The molecule has 0 aliphatic carbocycles. The van der Waals surface area contributed by atoms with E-state index in [9.17, 15) is 22.4 Å². The molecule has 1 aliphatic heterocycles. The van der Waals surface area contributed by atoms with Gasteiger partial charge in [-0.2, -0.15) is 0 Å². The smallest absolute Gasteiger partial charge is 0.256 e. The Labute approximate surface area is 134 Å². The largest absolute Gasteiger partial charge is 0.338 e. The quantitative estimate of drug-likeness (QED) is 0.892. The van der Waals surface area contributed by atoms with Gasteiger partial charge in [0.05, 0.1) is 11.3 Å². The maximum absolute atomic E-state index is 14.2. The predicted octanol–water partition coefficient (Wildman–Crippen LogP) is 1.22. The Bertz CT molecular complexity index is 761. The molecule has 0 bridgehead atoms. The Morgan fingerprint density at radius 1 is 1.39 bits per heavy atom. The van der Waals surface area contributed by atoms with Gasteiger partial charge in [-0.3, -0.25) is 9.59 Å². The summed E-state index contributed by atoms with van der Waals surface area (Å²) in [6.07, 6.45) is 1.81. The van der Waals surface area contributed by atoms with E-state index in [0.29, 0.717) is 17.7 Å². The van der Waals surface area contributed by atoms with Gasteiger partial charge in [-0.25, -0.2) is 12.8 Å². The van der Waals surface area contributed by atoms with Crippen LogP contribution in [-0.2, 0) is 21.1 Å². The highest BCUT2D eigenvalue weighted by atomic mass is 32.2. The van der Waals surface area contributed by atoms with Crippen LogP contribution in [0.15, 0.2) is 12.1 Å². The molecule has 1 heterocycles. The average Bonchev–Trinajstić information content (AvgIpc) is 2.43. The van der Waals surface area contributed by atoms with E-state index in [-0.39, 0.29) is 23.6 Å². The summed E-state index contributed by atoms with van der Waals surface area (Å²) in [6, 6.07) is 1.98. The third-order valence-corrected chi connectivity index (χ3v) is 4.93. The van der Waals surface area contributed by atoms with Crippen LogP contribution in [0.1, 0.15) is 29.3 Å². The lowest BCUT2D eigenvalue weighted by Crippen LogP contribution is -2.39. The van der Waals surface area contributed by atoms with Crippen LogP contribution >= 0.6 is 0 Å². The maximum Gasteiger partial charge on any atom is 0.256 e. The Balaban J connectivity index is 2.27. The fraction of sp³-hybridized carbons (Fsp3) is 0.467. The molecule has 126 valence electrons. The molecular formula is C15H19FN2O4S. The summed E-state index contributed by atoms with van der Waals surface area (Å²) in [7, 11) is -1.81. The molecule has 0 saturated heterocycles. The predicted molar refractivity (Wildman–Crippen MR) is 84.6 cm³/mol. The standard InChI is InChI=1S/C15H19FN2O4S/c1-9(8-23(3,21)22)18(2)15(20)11-6-10-4-5-14(19)17-13(10)7-12(11)16/h6-7,9H,4-5,8H2,1-3H3,(H,17,19)/t9-/m1/s1. The minimum absolute atomic E-state index is 0.122. The van der Waals surface area contributed by atoms with E-state index >= 15 is 0 Å². The van der Waals surface area contributed by atoms with Crippen LogP contribution < -0.4 is 5.32 Å². The van der Waals surface area contributed by atoms with Gasteiger partial charge in [0.25, 0.3) is 5.91 Å². The van der Waals surface area contributed by atoms with Crippen molar-refractivity contribution in [1.82, 2.24) is 4.90 Å². The number of amides is 2. The van der Waals surface area contributed by atoms with E-state index in [0.717, 1.165) is 12.3 Å². The second-order valence-corrected chi connectivity index (χ2v) is 8.08. The minimum Gasteiger partial charge on any atom is -0.338 e. The van der Waals surface area contributed by atoms with Crippen molar-refractivity contribution in [2.45, 2.75) is 25.8 Å². The van der Waals surface area contributed by atoms with Gasteiger partial charge >= 0.3 is 0 Å². The molecule has 1 aromatic carbocycles. The molecule has 0 fully saturated rings. The first-order chi connectivity index (χ1) is 10.6. The highest BCUT2D eigenvalue weighted by Crippen LogP contribution is 2.26. The van der Waals surface area contributed by atoms with Crippen LogP contribution in [0.3, 0.4) is 0 Å². The topological polar surface area (TPSA) is 83.6 Å². The van der Waals surface area contributed by atoms with Crippen LogP contribution in [0.4, 0.5) is 10.1 Å². The molecule has 0 saturated carbocycles. The fourth-order valence-electron chi connectivity index (χ4n) is 2.51. The number of carbonyl (C=O) groups is 2. The van der Waals surface area contributed by atoms with Gasteiger partial charge in [0.15, 0.2) is 0 Å². The van der Waals surface area contributed by atoms with E-state index < -0.39 is 27.6 Å². The van der Waals surface area contributed by atoms with Crippen molar-refractivity contribution in [2.75, 3.05) is 24.4 Å². The Hall–Kier alpha value is -1.96. The van der Waals surface area contributed by atoms with Crippen molar-refractivity contribution in [3.63, 3.8) is 0 Å².